The number of nitrogens with zero attached hydrogens (tertiary/aromatic N) is 3. The van der Waals surface area contributed by atoms with Gasteiger partial charge in [-0.2, -0.15) is 0 Å². The number of aliphatic hydroxyl groups is 1. The van der Waals surface area contributed by atoms with E-state index in [1.165, 1.54) is 12.1 Å². The third kappa shape index (κ3) is 3.24. The van der Waals surface area contributed by atoms with Crippen LogP contribution in [0.5, 0.6) is 0 Å². The molecule has 2 aromatic carbocycles. The van der Waals surface area contributed by atoms with Gasteiger partial charge in [-0.15, -0.1) is 0 Å². The SMILES string of the molecule is OC[C@H]1CCCN(c2nc3ccccc3n2Cc2ccc(F)cc2)C1. The number of aliphatic hydroxyl groups excluding tert-OH is 1. The molecule has 1 aliphatic heterocycles. The van der Waals surface area contributed by atoms with E-state index in [9.17, 15) is 9.50 Å². The van der Waals surface area contributed by atoms with E-state index in [4.69, 9.17) is 4.98 Å². The molecule has 1 fully saturated rings. The Morgan fingerprint density at radius 3 is 2.72 bits per heavy atom. The van der Waals surface area contributed by atoms with Gasteiger partial charge in [0, 0.05) is 19.7 Å². The second-order valence-electron chi connectivity index (χ2n) is 6.75. The van der Waals surface area contributed by atoms with Gasteiger partial charge in [-0.1, -0.05) is 24.3 Å². The van der Waals surface area contributed by atoms with Crippen molar-refractivity contribution >= 4 is 17.0 Å². The Morgan fingerprint density at radius 1 is 1.12 bits per heavy atom. The molecule has 0 radical (unpaired) electrons. The van der Waals surface area contributed by atoms with Crippen LogP contribution in [0.1, 0.15) is 18.4 Å². The molecule has 1 saturated heterocycles. The molecule has 0 bridgehead atoms. The van der Waals surface area contributed by atoms with Crippen LogP contribution in [0.2, 0.25) is 0 Å². The first-order chi connectivity index (χ1) is 12.2. The second-order valence-corrected chi connectivity index (χ2v) is 6.75. The Kier molecular flexibility index (Phi) is 4.40. The molecule has 3 aromatic rings. The summed E-state index contributed by atoms with van der Waals surface area (Å²) in [7, 11) is 0. The zero-order valence-corrected chi connectivity index (χ0v) is 14.1. The molecule has 5 heteroatoms. The quantitative estimate of drug-likeness (QED) is 0.792. The van der Waals surface area contributed by atoms with Gasteiger partial charge in [-0.05, 0) is 48.6 Å². The lowest BCUT2D eigenvalue weighted by atomic mass is 9.99. The first kappa shape index (κ1) is 16.1. The van der Waals surface area contributed by atoms with E-state index in [0.717, 1.165) is 48.5 Å². The summed E-state index contributed by atoms with van der Waals surface area (Å²) in [5, 5.41) is 9.54. The van der Waals surface area contributed by atoms with Crippen LogP contribution in [0.25, 0.3) is 11.0 Å². The van der Waals surface area contributed by atoms with Gasteiger partial charge in [0.05, 0.1) is 17.6 Å². The smallest absolute Gasteiger partial charge is 0.206 e. The van der Waals surface area contributed by atoms with Crippen molar-refractivity contribution < 1.29 is 9.50 Å². The van der Waals surface area contributed by atoms with Crippen LogP contribution >= 0.6 is 0 Å². The normalized spacial score (nSPS) is 18.0. The van der Waals surface area contributed by atoms with E-state index in [1.807, 2.05) is 30.3 Å². The number of halogens is 1. The molecular formula is C20H22FN3O. The summed E-state index contributed by atoms with van der Waals surface area (Å²) >= 11 is 0. The minimum Gasteiger partial charge on any atom is -0.396 e. The molecule has 1 aliphatic rings. The van der Waals surface area contributed by atoms with Crippen molar-refractivity contribution in [3.8, 4) is 0 Å². The van der Waals surface area contributed by atoms with Crippen molar-refractivity contribution in [1.29, 1.82) is 0 Å². The van der Waals surface area contributed by atoms with Gasteiger partial charge in [0.1, 0.15) is 5.82 Å². The third-order valence-corrected chi connectivity index (χ3v) is 4.95. The fraction of sp³-hybridized carbons (Fsp3) is 0.350. The zero-order valence-electron chi connectivity index (χ0n) is 14.1. The lowest BCUT2D eigenvalue weighted by Gasteiger charge is -2.33. The van der Waals surface area contributed by atoms with Gasteiger partial charge in [-0.3, -0.25) is 0 Å². The van der Waals surface area contributed by atoms with Crippen LogP contribution in [0.3, 0.4) is 0 Å². The van der Waals surface area contributed by atoms with Gasteiger partial charge in [0.15, 0.2) is 0 Å². The molecule has 4 rings (SSSR count). The molecule has 1 aromatic heterocycles. The maximum atomic E-state index is 13.2. The molecule has 0 amide bonds. The van der Waals surface area contributed by atoms with Crippen molar-refractivity contribution in [3.63, 3.8) is 0 Å². The third-order valence-electron chi connectivity index (χ3n) is 4.95. The van der Waals surface area contributed by atoms with Crippen molar-refractivity contribution in [1.82, 2.24) is 9.55 Å². The Morgan fingerprint density at radius 2 is 1.92 bits per heavy atom. The van der Waals surface area contributed by atoms with Crippen LogP contribution in [-0.4, -0.2) is 34.4 Å². The highest BCUT2D eigenvalue weighted by Crippen LogP contribution is 2.27. The molecule has 1 atom stereocenters. The summed E-state index contributed by atoms with van der Waals surface area (Å²) in [6, 6.07) is 14.7. The van der Waals surface area contributed by atoms with Crippen molar-refractivity contribution in [2.24, 2.45) is 5.92 Å². The van der Waals surface area contributed by atoms with E-state index >= 15 is 0 Å². The molecule has 0 unspecified atom stereocenters. The fourth-order valence-electron chi connectivity index (χ4n) is 3.63. The maximum absolute atomic E-state index is 13.2. The standard InChI is InChI=1S/C20H22FN3O/c21-17-9-7-15(8-10-17)13-24-19-6-2-1-5-18(19)22-20(24)23-11-3-4-16(12-23)14-25/h1-2,5-10,16,25H,3-4,11-14H2/t16-/m0/s1. The van der Waals surface area contributed by atoms with E-state index in [-0.39, 0.29) is 12.4 Å². The Balaban J connectivity index is 1.74. The first-order valence-corrected chi connectivity index (χ1v) is 8.80. The van der Waals surface area contributed by atoms with Crippen LogP contribution in [-0.2, 0) is 6.54 Å². The fourth-order valence-corrected chi connectivity index (χ4v) is 3.63. The average Bonchev–Trinajstić information content (AvgIpc) is 3.02. The summed E-state index contributed by atoms with van der Waals surface area (Å²) < 4.78 is 15.4. The first-order valence-electron chi connectivity index (χ1n) is 8.80. The number of benzene rings is 2. The predicted molar refractivity (Wildman–Crippen MR) is 97.3 cm³/mol. The summed E-state index contributed by atoms with van der Waals surface area (Å²) in [6.45, 7) is 2.64. The molecule has 2 heterocycles. The minimum absolute atomic E-state index is 0.217. The molecule has 4 nitrogen and oxygen atoms in total. The highest BCUT2D eigenvalue weighted by Gasteiger charge is 2.24. The summed E-state index contributed by atoms with van der Waals surface area (Å²) in [5.41, 5.74) is 3.08. The second kappa shape index (κ2) is 6.84. The highest BCUT2D eigenvalue weighted by atomic mass is 19.1. The van der Waals surface area contributed by atoms with Crippen LogP contribution in [0.15, 0.2) is 48.5 Å². The number of aromatic nitrogens is 2. The van der Waals surface area contributed by atoms with E-state index in [0.29, 0.717) is 12.5 Å². The number of para-hydroxylation sites is 2. The number of hydrogen-bond acceptors (Lipinski definition) is 3. The van der Waals surface area contributed by atoms with Crippen molar-refractivity contribution in [3.05, 3.63) is 59.9 Å². The molecule has 0 spiro atoms. The predicted octanol–water partition coefficient (Wildman–Crippen LogP) is 3.43. The molecule has 0 saturated carbocycles. The number of rotatable bonds is 4. The maximum Gasteiger partial charge on any atom is 0.206 e. The molecule has 25 heavy (non-hydrogen) atoms. The summed E-state index contributed by atoms with van der Waals surface area (Å²) in [5.74, 6) is 1.01. The average molecular weight is 339 g/mol. The number of piperidine rings is 1. The van der Waals surface area contributed by atoms with Crippen molar-refractivity contribution in [2.75, 3.05) is 24.6 Å². The van der Waals surface area contributed by atoms with Gasteiger partial charge < -0.3 is 14.6 Å². The van der Waals surface area contributed by atoms with Crippen LogP contribution < -0.4 is 4.90 Å². The summed E-state index contributed by atoms with van der Waals surface area (Å²) in [6.07, 6.45) is 2.12. The monoisotopic (exact) mass is 339 g/mol. The van der Waals surface area contributed by atoms with E-state index in [1.54, 1.807) is 0 Å². The van der Waals surface area contributed by atoms with Gasteiger partial charge in [-0.25, -0.2) is 9.37 Å². The molecular weight excluding hydrogens is 317 g/mol. The minimum atomic E-state index is -0.221. The van der Waals surface area contributed by atoms with Gasteiger partial charge in [0.2, 0.25) is 5.95 Å². The number of anilines is 1. The molecule has 0 aliphatic carbocycles. The Bertz CT molecular complexity index is 859. The number of imidazole rings is 1. The lowest BCUT2D eigenvalue weighted by molar-refractivity contribution is 0.208. The van der Waals surface area contributed by atoms with E-state index < -0.39 is 0 Å². The van der Waals surface area contributed by atoms with E-state index in [2.05, 4.69) is 15.5 Å². The zero-order chi connectivity index (χ0) is 17.2. The Labute approximate surface area is 146 Å². The number of fused-ring (bicyclic) bond motifs is 1. The van der Waals surface area contributed by atoms with Gasteiger partial charge in [0.25, 0.3) is 0 Å². The van der Waals surface area contributed by atoms with Crippen LogP contribution in [0, 0.1) is 11.7 Å². The molecule has 1 N–H and O–H groups in total. The van der Waals surface area contributed by atoms with Crippen LogP contribution in [0.4, 0.5) is 10.3 Å². The highest BCUT2D eigenvalue weighted by molar-refractivity contribution is 5.79. The lowest BCUT2D eigenvalue weighted by Crippen LogP contribution is -2.38. The largest absolute Gasteiger partial charge is 0.396 e. The van der Waals surface area contributed by atoms with Gasteiger partial charge >= 0.3 is 0 Å². The van der Waals surface area contributed by atoms with Crippen molar-refractivity contribution in [2.45, 2.75) is 19.4 Å². The Hall–Kier alpha value is -2.40. The number of hydrogen-bond donors (Lipinski definition) is 1. The topological polar surface area (TPSA) is 41.3 Å². The summed E-state index contributed by atoms with van der Waals surface area (Å²) in [4.78, 5) is 7.12. The molecule has 130 valence electrons.